The van der Waals surface area contributed by atoms with Crippen LogP contribution in [0.15, 0.2) is 49.1 Å². The number of thiophene rings is 1. The molecule has 1 N–H and O–H groups in total. The molecule has 1 aromatic carbocycles. The molecule has 0 atom stereocenters. The summed E-state index contributed by atoms with van der Waals surface area (Å²) in [6.45, 7) is 2.80. The molecule has 27 heavy (non-hydrogen) atoms. The highest BCUT2D eigenvalue weighted by atomic mass is 32.1. The Morgan fingerprint density at radius 1 is 1.15 bits per heavy atom. The molecule has 3 aromatic rings. The lowest BCUT2D eigenvalue weighted by molar-refractivity contribution is 0.0798. The van der Waals surface area contributed by atoms with Gasteiger partial charge in [-0.05, 0) is 42.8 Å². The van der Waals surface area contributed by atoms with Crippen LogP contribution in [0.1, 0.15) is 39.1 Å². The minimum atomic E-state index is -0.233. The maximum atomic E-state index is 12.5. The number of carbonyl (C=O) groups excluding carboxylic acids is 2. The van der Waals surface area contributed by atoms with E-state index < -0.39 is 0 Å². The molecule has 2 aromatic heterocycles. The number of rotatable bonds is 7. The van der Waals surface area contributed by atoms with Crippen molar-refractivity contribution in [3.8, 4) is 5.69 Å². The highest BCUT2D eigenvalue weighted by Crippen LogP contribution is 2.20. The van der Waals surface area contributed by atoms with Crippen molar-refractivity contribution in [3.05, 3.63) is 58.8 Å². The van der Waals surface area contributed by atoms with E-state index in [0.29, 0.717) is 22.0 Å². The Balaban J connectivity index is 1.63. The molecule has 0 unspecified atom stereocenters. The van der Waals surface area contributed by atoms with Gasteiger partial charge in [0.05, 0.1) is 15.4 Å². The molecule has 0 spiro atoms. The van der Waals surface area contributed by atoms with Crippen molar-refractivity contribution < 1.29 is 9.59 Å². The summed E-state index contributed by atoms with van der Waals surface area (Å²) in [7, 11) is 1.79. The molecule has 0 fully saturated rings. The van der Waals surface area contributed by atoms with E-state index in [0.717, 1.165) is 18.5 Å². The van der Waals surface area contributed by atoms with Gasteiger partial charge in [0.2, 0.25) is 0 Å². The molecule has 0 aliphatic rings. The van der Waals surface area contributed by atoms with E-state index >= 15 is 0 Å². The van der Waals surface area contributed by atoms with Crippen LogP contribution in [0, 0.1) is 0 Å². The molecule has 0 aliphatic carbocycles. The number of nitrogens with one attached hydrogen (secondary N) is 1. The summed E-state index contributed by atoms with van der Waals surface area (Å²) in [6, 6.07) is 10.7. The third-order valence-electron chi connectivity index (χ3n) is 4.04. The van der Waals surface area contributed by atoms with Crippen LogP contribution in [0.5, 0.6) is 0 Å². The third-order valence-corrected chi connectivity index (χ3v) is 5.11. The van der Waals surface area contributed by atoms with Crippen LogP contribution < -0.4 is 5.32 Å². The first-order valence-electron chi connectivity index (χ1n) is 8.70. The fourth-order valence-corrected chi connectivity index (χ4v) is 3.39. The Kier molecular flexibility index (Phi) is 5.97. The second kappa shape index (κ2) is 8.59. The number of benzene rings is 1. The van der Waals surface area contributed by atoms with E-state index in [1.54, 1.807) is 47.2 Å². The molecule has 0 saturated carbocycles. The van der Waals surface area contributed by atoms with Gasteiger partial charge in [-0.1, -0.05) is 13.3 Å². The first kappa shape index (κ1) is 18.8. The zero-order valence-electron chi connectivity index (χ0n) is 15.3. The lowest BCUT2D eigenvalue weighted by Crippen LogP contribution is -2.26. The highest BCUT2D eigenvalue weighted by Gasteiger charge is 2.17. The molecule has 8 heteroatoms. The SMILES string of the molecule is CCCCN(C)C(=O)c1ccc(C(=O)Nc2ccc(-n3cncn3)cc2)s1. The summed E-state index contributed by atoms with van der Waals surface area (Å²) >= 11 is 1.21. The number of unbranched alkanes of at least 4 members (excludes halogenated alkanes) is 1. The van der Waals surface area contributed by atoms with Gasteiger partial charge in [0, 0.05) is 19.3 Å². The maximum absolute atomic E-state index is 12.5. The number of carbonyl (C=O) groups is 2. The molecule has 2 heterocycles. The van der Waals surface area contributed by atoms with Gasteiger partial charge in [-0.15, -0.1) is 11.3 Å². The van der Waals surface area contributed by atoms with E-state index in [-0.39, 0.29) is 11.8 Å². The Morgan fingerprint density at radius 3 is 2.56 bits per heavy atom. The number of aromatic nitrogens is 3. The Hall–Kier alpha value is -3.00. The predicted octanol–water partition coefficient (Wildman–Crippen LogP) is 3.45. The number of anilines is 1. The van der Waals surface area contributed by atoms with Crippen molar-refractivity contribution in [3.63, 3.8) is 0 Å². The molecule has 0 saturated heterocycles. The van der Waals surface area contributed by atoms with Crippen LogP contribution in [0.4, 0.5) is 5.69 Å². The van der Waals surface area contributed by atoms with Gasteiger partial charge in [0.15, 0.2) is 0 Å². The number of nitrogens with zero attached hydrogens (tertiary/aromatic N) is 4. The molecule has 0 bridgehead atoms. The normalized spacial score (nSPS) is 10.6. The van der Waals surface area contributed by atoms with Gasteiger partial charge >= 0.3 is 0 Å². The van der Waals surface area contributed by atoms with Crippen LogP contribution in [0.2, 0.25) is 0 Å². The number of hydrogen-bond acceptors (Lipinski definition) is 5. The predicted molar refractivity (Wildman–Crippen MR) is 105 cm³/mol. The average Bonchev–Trinajstić information content (AvgIpc) is 3.38. The number of hydrogen-bond donors (Lipinski definition) is 1. The fraction of sp³-hybridized carbons (Fsp3) is 0.263. The summed E-state index contributed by atoms with van der Waals surface area (Å²) in [6.07, 6.45) is 5.07. The van der Waals surface area contributed by atoms with Crippen LogP contribution in [-0.4, -0.2) is 45.1 Å². The van der Waals surface area contributed by atoms with Gasteiger partial charge in [-0.3, -0.25) is 9.59 Å². The average molecular weight is 383 g/mol. The minimum Gasteiger partial charge on any atom is -0.341 e. The van der Waals surface area contributed by atoms with Crippen molar-refractivity contribution >= 4 is 28.8 Å². The standard InChI is InChI=1S/C19H21N5O2S/c1-3-4-11-23(2)19(26)17-10-9-16(27-17)18(25)22-14-5-7-15(8-6-14)24-13-20-12-21-24/h5-10,12-13H,3-4,11H2,1-2H3,(H,22,25). The molecular formula is C19H21N5O2S. The van der Waals surface area contributed by atoms with Crippen LogP contribution in [0.3, 0.4) is 0 Å². The summed E-state index contributed by atoms with van der Waals surface area (Å²) < 4.78 is 1.64. The van der Waals surface area contributed by atoms with E-state index in [9.17, 15) is 9.59 Å². The smallest absolute Gasteiger partial charge is 0.265 e. The van der Waals surface area contributed by atoms with Crippen molar-refractivity contribution in [1.82, 2.24) is 19.7 Å². The molecule has 0 radical (unpaired) electrons. The monoisotopic (exact) mass is 383 g/mol. The van der Waals surface area contributed by atoms with E-state index in [2.05, 4.69) is 22.3 Å². The molecule has 140 valence electrons. The van der Waals surface area contributed by atoms with E-state index in [1.165, 1.54) is 17.7 Å². The zero-order chi connectivity index (χ0) is 19.2. The second-order valence-corrected chi connectivity index (χ2v) is 7.17. The molecule has 2 amide bonds. The molecule has 0 aliphatic heterocycles. The van der Waals surface area contributed by atoms with Crippen LogP contribution in [-0.2, 0) is 0 Å². The van der Waals surface area contributed by atoms with E-state index in [1.807, 2.05) is 12.1 Å². The largest absolute Gasteiger partial charge is 0.341 e. The topological polar surface area (TPSA) is 80.1 Å². The van der Waals surface area contributed by atoms with Gasteiger partial charge in [0.25, 0.3) is 11.8 Å². The maximum Gasteiger partial charge on any atom is 0.265 e. The zero-order valence-corrected chi connectivity index (χ0v) is 16.1. The van der Waals surface area contributed by atoms with Crippen molar-refractivity contribution in [2.24, 2.45) is 0 Å². The summed E-state index contributed by atoms with van der Waals surface area (Å²) in [5, 5.41) is 6.91. The summed E-state index contributed by atoms with van der Waals surface area (Å²) in [4.78, 5) is 31.5. The van der Waals surface area contributed by atoms with Crippen molar-refractivity contribution in [1.29, 1.82) is 0 Å². The molecular weight excluding hydrogens is 362 g/mol. The fourth-order valence-electron chi connectivity index (χ4n) is 2.49. The Bertz CT molecular complexity index is 903. The van der Waals surface area contributed by atoms with Crippen molar-refractivity contribution in [2.45, 2.75) is 19.8 Å². The number of amides is 2. The van der Waals surface area contributed by atoms with Gasteiger partial charge < -0.3 is 10.2 Å². The van der Waals surface area contributed by atoms with Crippen molar-refractivity contribution in [2.75, 3.05) is 18.9 Å². The van der Waals surface area contributed by atoms with Gasteiger partial charge in [-0.25, -0.2) is 9.67 Å². The van der Waals surface area contributed by atoms with Crippen LogP contribution >= 0.6 is 11.3 Å². The quantitative estimate of drug-likeness (QED) is 0.678. The van der Waals surface area contributed by atoms with Gasteiger partial charge in [0.1, 0.15) is 12.7 Å². The summed E-state index contributed by atoms with van der Waals surface area (Å²) in [5.74, 6) is -0.284. The lowest BCUT2D eigenvalue weighted by Gasteiger charge is -2.15. The first-order chi connectivity index (χ1) is 13.1. The Morgan fingerprint density at radius 2 is 1.89 bits per heavy atom. The molecule has 7 nitrogen and oxygen atoms in total. The highest BCUT2D eigenvalue weighted by molar-refractivity contribution is 7.16. The summed E-state index contributed by atoms with van der Waals surface area (Å²) in [5.41, 5.74) is 1.52. The second-order valence-electron chi connectivity index (χ2n) is 6.09. The third kappa shape index (κ3) is 4.59. The van der Waals surface area contributed by atoms with Gasteiger partial charge in [-0.2, -0.15) is 5.10 Å². The molecule has 3 rings (SSSR count). The first-order valence-corrected chi connectivity index (χ1v) is 9.52. The Labute approximate surface area is 161 Å². The minimum absolute atomic E-state index is 0.0512. The van der Waals surface area contributed by atoms with E-state index in [4.69, 9.17) is 0 Å². The van der Waals surface area contributed by atoms with Crippen LogP contribution in [0.25, 0.3) is 5.69 Å². The lowest BCUT2D eigenvalue weighted by atomic mass is 10.2.